The summed E-state index contributed by atoms with van der Waals surface area (Å²) in [6, 6.07) is 0. The Balaban J connectivity index is 2.65. The molecule has 0 aromatic heterocycles. The van der Waals surface area contributed by atoms with E-state index in [1.807, 2.05) is 0 Å². The van der Waals surface area contributed by atoms with Gasteiger partial charge in [0.25, 0.3) is 0 Å². The van der Waals surface area contributed by atoms with Crippen LogP contribution in [-0.4, -0.2) is 28.5 Å². The van der Waals surface area contributed by atoms with Gasteiger partial charge in [-0.1, -0.05) is 5.11 Å². The maximum Gasteiger partial charge on any atom is 0.410 e. The number of hydrogen-bond acceptors (Lipinski definition) is 6. The molecule has 2 N–H and O–H groups in total. The lowest BCUT2D eigenvalue weighted by atomic mass is 10.3. The van der Waals surface area contributed by atoms with E-state index in [0.717, 1.165) is 0 Å². The van der Waals surface area contributed by atoms with E-state index in [2.05, 4.69) is 15.5 Å². The molecular formula is C6H10N4O3. The molecule has 1 aliphatic heterocycles. The second kappa shape index (κ2) is 3.58. The topological polar surface area (TPSA) is 100 Å². The van der Waals surface area contributed by atoms with Gasteiger partial charge in [-0.2, -0.15) is 5.11 Å². The Kier molecular flexibility index (Phi) is 2.69. The third-order valence-electron chi connectivity index (χ3n) is 1.52. The summed E-state index contributed by atoms with van der Waals surface area (Å²) in [5, 5.41) is 28.8. The van der Waals surface area contributed by atoms with Crippen molar-refractivity contribution in [2.75, 3.05) is 6.54 Å². The molecule has 0 aliphatic carbocycles. The largest absolute Gasteiger partial charge is 0.410 e. The van der Waals surface area contributed by atoms with Gasteiger partial charge in [0, 0.05) is 6.54 Å². The van der Waals surface area contributed by atoms with Crippen LogP contribution >= 0.6 is 0 Å². The molecule has 0 aromatic carbocycles. The second-order valence-corrected chi connectivity index (χ2v) is 2.74. The minimum absolute atomic E-state index is 0.0876. The maximum atomic E-state index is 10.6. The van der Waals surface area contributed by atoms with Crippen LogP contribution in [0.15, 0.2) is 22.5 Å². The highest BCUT2D eigenvalue weighted by atomic mass is 16.6. The zero-order valence-corrected chi connectivity index (χ0v) is 7.04. The van der Waals surface area contributed by atoms with E-state index in [9.17, 15) is 10.1 Å². The van der Waals surface area contributed by atoms with Gasteiger partial charge in [-0.25, -0.2) is 5.32 Å². The first-order valence-electron chi connectivity index (χ1n) is 3.74. The smallest absolute Gasteiger partial charge is 0.392 e. The lowest BCUT2D eigenvalue weighted by Crippen LogP contribution is -2.49. The Labute approximate surface area is 74.3 Å². The van der Waals surface area contributed by atoms with Crippen molar-refractivity contribution >= 4 is 0 Å². The molecule has 0 aromatic rings. The van der Waals surface area contributed by atoms with Crippen molar-refractivity contribution in [3.05, 3.63) is 22.4 Å². The summed E-state index contributed by atoms with van der Waals surface area (Å²) in [4.78, 5) is 10.00. The van der Waals surface area contributed by atoms with E-state index < -0.39 is 16.8 Å². The molecule has 0 bridgehead atoms. The van der Waals surface area contributed by atoms with Gasteiger partial charge in [-0.15, -0.1) is 0 Å². The highest BCUT2D eigenvalue weighted by molar-refractivity contribution is 5.01. The van der Waals surface area contributed by atoms with Crippen molar-refractivity contribution in [2.45, 2.75) is 18.8 Å². The molecule has 1 aliphatic rings. The number of aliphatic hydroxyl groups is 1. The van der Waals surface area contributed by atoms with E-state index in [-0.39, 0.29) is 6.54 Å². The summed E-state index contributed by atoms with van der Waals surface area (Å²) in [5.74, 6) is -1.68. The van der Waals surface area contributed by atoms with Crippen molar-refractivity contribution in [3.8, 4) is 0 Å². The molecular weight excluding hydrogens is 176 g/mol. The molecule has 72 valence electrons. The van der Waals surface area contributed by atoms with Crippen molar-refractivity contribution in [1.82, 2.24) is 5.32 Å². The van der Waals surface area contributed by atoms with Gasteiger partial charge < -0.3 is 5.11 Å². The van der Waals surface area contributed by atoms with Gasteiger partial charge >= 0.3 is 5.79 Å². The Morgan fingerprint density at radius 1 is 1.85 bits per heavy atom. The molecule has 0 amide bonds. The second-order valence-electron chi connectivity index (χ2n) is 2.74. The fourth-order valence-corrected chi connectivity index (χ4v) is 0.846. The summed E-state index contributed by atoms with van der Waals surface area (Å²) < 4.78 is 0. The molecule has 0 saturated carbocycles. The standard InChI is InChI=1S/C6H10N4O3/c1-5(11)4-7-6(10(12)13)2-3-8-9-6/h2-3,5,7,11H,4H2,1H3. The van der Waals surface area contributed by atoms with Crippen molar-refractivity contribution in [1.29, 1.82) is 0 Å². The molecule has 2 atom stereocenters. The minimum atomic E-state index is -1.68. The van der Waals surface area contributed by atoms with Crippen LogP contribution in [0.25, 0.3) is 0 Å². The highest BCUT2D eigenvalue weighted by Crippen LogP contribution is 2.16. The molecule has 1 heterocycles. The molecule has 13 heavy (non-hydrogen) atoms. The summed E-state index contributed by atoms with van der Waals surface area (Å²) in [6.45, 7) is 1.61. The maximum absolute atomic E-state index is 10.6. The van der Waals surface area contributed by atoms with Crippen molar-refractivity contribution in [2.24, 2.45) is 10.2 Å². The van der Waals surface area contributed by atoms with E-state index in [1.54, 1.807) is 0 Å². The normalized spacial score (nSPS) is 27.8. The quantitative estimate of drug-likeness (QED) is 0.362. The third kappa shape index (κ3) is 2.07. The number of nitro groups is 1. The van der Waals surface area contributed by atoms with E-state index in [4.69, 9.17) is 5.11 Å². The van der Waals surface area contributed by atoms with Gasteiger partial charge in [-0.05, 0) is 6.92 Å². The average molecular weight is 186 g/mol. The Morgan fingerprint density at radius 2 is 2.54 bits per heavy atom. The Bertz CT molecular complexity index is 249. The SMILES string of the molecule is CC(O)CNC1([N+](=O)[O-])C=CN=N1. The number of nitrogens with zero attached hydrogens (tertiary/aromatic N) is 3. The minimum Gasteiger partial charge on any atom is -0.392 e. The first-order valence-corrected chi connectivity index (χ1v) is 3.74. The van der Waals surface area contributed by atoms with Crippen LogP contribution in [0, 0.1) is 10.1 Å². The molecule has 0 fully saturated rings. The Hall–Kier alpha value is -1.34. The molecule has 2 unspecified atom stereocenters. The van der Waals surface area contributed by atoms with E-state index in [1.165, 1.54) is 19.2 Å². The summed E-state index contributed by atoms with van der Waals surface area (Å²) in [6.07, 6.45) is 1.81. The number of azo groups is 1. The highest BCUT2D eigenvalue weighted by Gasteiger charge is 2.42. The first kappa shape index (κ1) is 9.75. The average Bonchev–Trinajstić information content (AvgIpc) is 2.50. The predicted octanol–water partition coefficient (Wildman–Crippen LogP) is -0.133. The van der Waals surface area contributed by atoms with Gasteiger partial charge in [0.2, 0.25) is 0 Å². The lowest BCUT2D eigenvalue weighted by molar-refractivity contribution is -0.561. The van der Waals surface area contributed by atoms with E-state index >= 15 is 0 Å². The molecule has 0 spiro atoms. The van der Waals surface area contributed by atoms with Crippen LogP contribution < -0.4 is 5.32 Å². The van der Waals surface area contributed by atoms with Gasteiger partial charge in [0.1, 0.15) is 0 Å². The molecule has 0 radical (unpaired) electrons. The molecule has 0 saturated heterocycles. The zero-order chi connectivity index (χ0) is 9.90. The zero-order valence-electron chi connectivity index (χ0n) is 7.04. The van der Waals surface area contributed by atoms with Crippen LogP contribution in [0.2, 0.25) is 0 Å². The summed E-state index contributed by atoms with van der Waals surface area (Å²) >= 11 is 0. The fourth-order valence-electron chi connectivity index (χ4n) is 0.846. The first-order chi connectivity index (χ1) is 6.07. The number of aliphatic hydroxyl groups excluding tert-OH is 1. The van der Waals surface area contributed by atoms with Crippen LogP contribution in [0.5, 0.6) is 0 Å². The van der Waals surface area contributed by atoms with Gasteiger partial charge in [0.15, 0.2) is 0 Å². The number of hydrogen-bond donors (Lipinski definition) is 2. The van der Waals surface area contributed by atoms with Gasteiger partial charge in [-0.3, -0.25) is 10.1 Å². The molecule has 7 nitrogen and oxygen atoms in total. The Morgan fingerprint density at radius 3 is 2.92 bits per heavy atom. The third-order valence-corrected chi connectivity index (χ3v) is 1.52. The van der Waals surface area contributed by atoms with Crippen LogP contribution in [0.4, 0.5) is 0 Å². The predicted molar refractivity (Wildman–Crippen MR) is 43.4 cm³/mol. The monoisotopic (exact) mass is 186 g/mol. The molecule has 1 rings (SSSR count). The van der Waals surface area contributed by atoms with Crippen LogP contribution in [-0.2, 0) is 0 Å². The summed E-state index contributed by atoms with van der Waals surface area (Å²) in [7, 11) is 0. The van der Waals surface area contributed by atoms with Crippen molar-refractivity contribution < 1.29 is 10.0 Å². The summed E-state index contributed by atoms with van der Waals surface area (Å²) in [5.41, 5.74) is 0. The fraction of sp³-hybridized carbons (Fsp3) is 0.667. The van der Waals surface area contributed by atoms with Gasteiger partial charge in [0.05, 0.1) is 23.3 Å². The number of nitrogens with one attached hydrogen (secondary N) is 1. The lowest BCUT2D eigenvalue weighted by Gasteiger charge is -2.15. The van der Waals surface area contributed by atoms with Crippen LogP contribution in [0.3, 0.4) is 0 Å². The number of rotatable bonds is 4. The molecule has 7 heteroatoms. The van der Waals surface area contributed by atoms with Crippen molar-refractivity contribution in [3.63, 3.8) is 0 Å². The van der Waals surface area contributed by atoms with Crippen LogP contribution in [0.1, 0.15) is 6.92 Å². The van der Waals surface area contributed by atoms with E-state index in [0.29, 0.717) is 0 Å².